The molecule has 0 aliphatic carbocycles. The van der Waals surface area contributed by atoms with Gasteiger partial charge in [-0.2, -0.15) is 0 Å². The van der Waals surface area contributed by atoms with Gasteiger partial charge < -0.3 is 23.1 Å². The highest BCUT2D eigenvalue weighted by atomic mass is 32.2. The SMILES string of the molecule is CCc1c(COSC)cc2ccc3c(c2c1-c1ccc2c(c1)OCO2)OCO3. The lowest BCUT2D eigenvalue weighted by Gasteiger charge is -2.19. The van der Waals surface area contributed by atoms with Gasteiger partial charge in [0.2, 0.25) is 13.6 Å². The normalized spacial score (nSPS) is 14.1. The maximum Gasteiger partial charge on any atom is 0.231 e. The van der Waals surface area contributed by atoms with Gasteiger partial charge in [0.15, 0.2) is 23.0 Å². The second-order valence-electron chi connectivity index (χ2n) is 6.64. The molecule has 0 bridgehead atoms. The second kappa shape index (κ2) is 7.11. The van der Waals surface area contributed by atoms with E-state index in [0.717, 1.165) is 51.3 Å². The molecule has 5 rings (SSSR count). The molecule has 0 N–H and O–H groups in total. The molecule has 0 amide bonds. The maximum absolute atomic E-state index is 5.87. The van der Waals surface area contributed by atoms with Gasteiger partial charge in [0.05, 0.1) is 6.61 Å². The van der Waals surface area contributed by atoms with Crippen molar-refractivity contribution in [3.8, 4) is 34.1 Å². The van der Waals surface area contributed by atoms with E-state index in [-0.39, 0.29) is 13.6 Å². The molecular formula is C22H20O5S. The van der Waals surface area contributed by atoms with Gasteiger partial charge in [-0.1, -0.05) is 19.1 Å². The molecule has 3 aromatic rings. The summed E-state index contributed by atoms with van der Waals surface area (Å²) in [6.45, 7) is 3.22. The smallest absolute Gasteiger partial charge is 0.231 e. The Labute approximate surface area is 167 Å². The Morgan fingerprint density at radius 2 is 1.71 bits per heavy atom. The van der Waals surface area contributed by atoms with E-state index in [1.165, 1.54) is 23.2 Å². The number of hydrogen-bond donors (Lipinski definition) is 0. The Bertz CT molecular complexity index is 1060. The molecule has 0 unspecified atom stereocenters. The minimum Gasteiger partial charge on any atom is -0.454 e. The summed E-state index contributed by atoms with van der Waals surface area (Å²) in [7, 11) is 0. The molecule has 3 aromatic carbocycles. The lowest BCUT2D eigenvalue weighted by Crippen LogP contribution is -2.00. The van der Waals surface area contributed by atoms with Crippen LogP contribution in [0.5, 0.6) is 23.0 Å². The Kier molecular flexibility index (Phi) is 4.45. The second-order valence-corrected chi connectivity index (χ2v) is 7.21. The van der Waals surface area contributed by atoms with Crippen LogP contribution in [0.3, 0.4) is 0 Å². The van der Waals surface area contributed by atoms with Crippen molar-refractivity contribution in [3.63, 3.8) is 0 Å². The molecule has 0 radical (unpaired) electrons. The lowest BCUT2D eigenvalue weighted by molar-refractivity contribution is 0.174. The zero-order valence-corrected chi connectivity index (χ0v) is 16.6. The first kappa shape index (κ1) is 17.5. The van der Waals surface area contributed by atoms with Crippen molar-refractivity contribution in [3.05, 3.63) is 47.5 Å². The summed E-state index contributed by atoms with van der Waals surface area (Å²) in [5.74, 6) is 3.13. The van der Waals surface area contributed by atoms with Crippen molar-refractivity contribution < 1.29 is 23.1 Å². The summed E-state index contributed by atoms with van der Waals surface area (Å²) >= 11 is 1.38. The monoisotopic (exact) mass is 396 g/mol. The summed E-state index contributed by atoms with van der Waals surface area (Å²) in [5.41, 5.74) is 4.63. The number of rotatable bonds is 5. The van der Waals surface area contributed by atoms with Crippen LogP contribution in [0.15, 0.2) is 36.4 Å². The van der Waals surface area contributed by atoms with E-state index in [2.05, 4.69) is 25.1 Å². The lowest BCUT2D eigenvalue weighted by atomic mass is 9.88. The van der Waals surface area contributed by atoms with E-state index in [4.69, 9.17) is 23.1 Å². The van der Waals surface area contributed by atoms with Crippen molar-refractivity contribution in [1.29, 1.82) is 0 Å². The molecule has 2 aliphatic heterocycles. The topological polar surface area (TPSA) is 46.2 Å². The largest absolute Gasteiger partial charge is 0.454 e. The van der Waals surface area contributed by atoms with Crippen LogP contribution in [0.25, 0.3) is 21.9 Å². The standard InChI is InChI=1S/C22H20O5S/c1-3-16-15(10-27-28-2)8-13-5-7-18-22(26-12-24-18)21(13)20(16)14-4-6-17-19(9-14)25-11-23-17/h4-9H,3,10-12H2,1-2H3. The summed E-state index contributed by atoms with van der Waals surface area (Å²) < 4.78 is 28.3. The zero-order valence-electron chi connectivity index (χ0n) is 15.7. The van der Waals surface area contributed by atoms with Crippen LogP contribution >= 0.6 is 12.0 Å². The van der Waals surface area contributed by atoms with E-state index in [1.807, 2.05) is 24.5 Å². The van der Waals surface area contributed by atoms with Crippen LogP contribution in [0.4, 0.5) is 0 Å². The van der Waals surface area contributed by atoms with Gasteiger partial charge in [-0.3, -0.25) is 0 Å². The zero-order chi connectivity index (χ0) is 19.1. The average Bonchev–Trinajstić information content (AvgIpc) is 3.39. The fourth-order valence-corrected chi connectivity index (χ4v) is 4.22. The van der Waals surface area contributed by atoms with Gasteiger partial charge >= 0.3 is 0 Å². The molecule has 0 saturated heterocycles. The van der Waals surface area contributed by atoms with Gasteiger partial charge in [0, 0.05) is 11.6 Å². The minimum absolute atomic E-state index is 0.244. The van der Waals surface area contributed by atoms with Crippen molar-refractivity contribution in [2.24, 2.45) is 0 Å². The van der Waals surface area contributed by atoms with Crippen LogP contribution in [-0.4, -0.2) is 19.8 Å². The Morgan fingerprint density at radius 3 is 2.57 bits per heavy atom. The molecule has 2 aliphatic rings. The predicted molar refractivity (Wildman–Crippen MR) is 109 cm³/mol. The van der Waals surface area contributed by atoms with Crippen LogP contribution in [0.1, 0.15) is 18.1 Å². The van der Waals surface area contributed by atoms with Crippen molar-refractivity contribution in [1.82, 2.24) is 0 Å². The molecule has 6 heteroatoms. The van der Waals surface area contributed by atoms with Gasteiger partial charge in [0.1, 0.15) is 0 Å². The first-order valence-corrected chi connectivity index (χ1v) is 10.4. The molecule has 28 heavy (non-hydrogen) atoms. The Morgan fingerprint density at radius 1 is 0.929 bits per heavy atom. The van der Waals surface area contributed by atoms with Crippen LogP contribution < -0.4 is 18.9 Å². The van der Waals surface area contributed by atoms with Crippen LogP contribution in [0.2, 0.25) is 0 Å². The summed E-state index contributed by atoms with van der Waals surface area (Å²) in [6.07, 6.45) is 2.81. The van der Waals surface area contributed by atoms with E-state index >= 15 is 0 Å². The van der Waals surface area contributed by atoms with E-state index in [1.54, 1.807) is 0 Å². The molecule has 0 saturated carbocycles. The molecule has 144 valence electrons. The highest BCUT2D eigenvalue weighted by Gasteiger charge is 2.24. The van der Waals surface area contributed by atoms with Crippen LogP contribution in [-0.2, 0) is 17.2 Å². The average molecular weight is 396 g/mol. The van der Waals surface area contributed by atoms with Crippen LogP contribution in [0, 0.1) is 0 Å². The third kappa shape index (κ3) is 2.75. The summed E-state index contributed by atoms with van der Waals surface area (Å²) in [4.78, 5) is 0. The molecule has 0 spiro atoms. The van der Waals surface area contributed by atoms with Gasteiger partial charge in [-0.05, 0) is 70.4 Å². The van der Waals surface area contributed by atoms with Gasteiger partial charge in [0.25, 0.3) is 0 Å². The van der Waals surface area contributed by atoms with Gasteiger partial charge in [-0.25, -0.2) is 0 Å². The molecule has 2 heterocycles. The fourth-order valence-electron chi connectivity index (χ4n) is 3.98. The Hall–Kier alpha value is -2.57. The third-order valence-corrected chi connectivity index (χ3v) is 5.54. The molecule has 0 fully saturated rings. The maximum atomic E-state index is 5.87. The number of benzene rings is 3. The van der Waals surface area contributed by atoms with Crippen molar-refractivity contribution >= 4 is 22.8 Å². The third-order valence-electron chi connectivity index (χ3n) is 5.19. The van der Waals surface area contributed by atoms with E-state index < -0.39 is 0 Å². The number of fused-ring (bicyclic) bond motifs is 4. The van der Waals surface area contributed by atoms with E-state index in [0.29, 0.717) is 6.61 Å². The minimum atomic E-state index is 0.244. The number of ether oxygens (including phenoxy) is 4. The Balaban J connectivity index is 1.82. The highest BCUT2D eigenvalue weighted by molar-refractivity contribution is 7.93. The number of hydrogen-bond acceptors (Lipinski definition) is 6. The highest BCUT2D eigenvalue weighted by Crippen LogP contribution is 2.47. The molecule has 5 nitrogen and oxygen atoms in total. The van der Waals surface area contributed by atoms with E-state index in [9.17, 15) is 0 Å². The molecule has 0 aromatic heterocycles. The predicted octanol–water partition coefficient (Wildman–Crippen LogP) is 5.32. The van der Waals surface area contributed by atoms with Crippen molar-refractivity contribution in [2.75, 3.05) is 19.8 Å². The molecular weight excluding hydrogens is 376 g/mol. The quantitative estimate of drug-likeness (QED) is 0.544. The van der Waals surface area contributed by atoms with Gasteiger partial charge in [-0.15, -0.1) is 0 Å². The fraction of sp³-hybridized carbons (Fsp3) is 0.273. The summed E-state index contributed by atoms with van der Waals surface area (Å²) in [6, 6.07) is 12.3. The molecule has 0 atom stereocenters. The van der Waals surface area contributed by atoms with Crippen molar-refractivity contribution in [2.45, 2.75) is 20.0 Å². The first-order chi connectivity index (χ1) is 13.8. The first-order valence-electron chi connectivity index (χ1n) is 9.23. The summed E-state index contributed by atoms with van der Waals surface area (Å²) in [5, 5.41) is 2.17.